The summed E-state index contributed by atoms with van der Waals surface area (Å²) >= 11 is 0.234. The van der Waals surface area contributed by atoms with Crippen molar-refractivity contribution < 1.29 is 9.53 Å². The Morgan fingerprint density at radius 1 is 1.16 bits per heavy atom. The number of carbonyl (C=O) groups excluding carboxylic acids is 1. The van der Waals surface area contributed by atoms with Gasteiger partial charge in [0.15, 0.2) is 0 Å². The average Bonchev–Trinajstić information content (AvgIpc) is 2.47. The average molecular weight is 320 g/mol. The van der Waals surface area contributed by atoms with E-state index in [1.807, 2.05) is 48.5 Å². The number of para-hydroxylation sites is 1. The van der Waals surface area contributed by atoms with E-state index < -0.39 is 0 Å². The molecule has 0 aliphatic rings. The van der Waals surface area contributed by atoms with Crippen LogP contribution in [0.5, 0.6) is 5.75 Å². The van der Waals surface area contributed by atoms with Crippen molar-refractivity contribution >= 4 is 31.0 Å². The second-order valence-electron chi connectivity index (χ2n) is 3.89. The fourth-order valence-corrected chi connectivity index (χ4v) is 3.00. The molecule has 3 nitrogen and oxygen atoms in total. The van der Waals surface area contributed by atoms with E-state index in [4.69, 9.17) is 4.74 Å². The first kappa shape index (κ1) is 13.7. The standard InChI is InChI=1S/C15H15NO2Se/c1-18-12-8-9-13(14(10-12)19-2)15(17)16-11-6-4-3-5-7-11/h3-10H,1-2H3,(H,16,17). The number of hydrogen-bond acceptors (Lipinski definition) is 2. The van der Waals surface area contributed by atoms with Crippen LogP contribution >= 0.6 is 0 Å². The van der Waals surface area contributed by atoms with E-state index in [9.17, 15) is 4.79 Å². The first-order valence-electron chi connectivity index (χ1n) is 5.83. The number of nitrogens with one attached hydrogen (secondary N) is 1. The number of hydrogen-bond donors (Lipinski definition) is 1. The first-order chi connectivity index (χ1) is 9.24. The van der Waals surface area contributed by atoms with Gasteiger partial charge in [0, 0.05) is 0 Å². The minimum absolute atomic E-state index is 0.0763. The molecule has 0 heterocycles. The van der Waals surface area contributed by atoms with Crippen LogP contribution in [0, 0.1) is 0 Å². The quantitative estimate of drug-likeness (QED) is 0.878. The summed E-state index contributed by atoms with van der Waals surface area (Å²) in [6.45, 7) is 0. The molecule has 98 valence electrons. The van der Waals surface area contributed by atoms with Crippen molar-refractivity contribution in [2.75, 3.05) is 12.4 Å². The van der Waals surface area contributed by atoms with Crippen LogP contribution in [-0.2, 0) is 0 Å². The van der Waals surface area contributed by atoms with E-state index in [2.05, 4.69) is 11.1 Å². The van der Waals surface area contributed by atoms with Crippen LogP contribution in [0.25, 0.3) is 0 Å². The van der Waals surface area contributed by atoms with E-state index in [1.54, 1.807) is 7.11 Å². The molecular formula is C15H15NO2Se. The van der Waals surface area contributed by atoms with Gasteiger partial charge in [-0.2, -0.15) is 0 Å². The van der Waals surface area contributed by atoms with Crippen molar-refractivity contribution in [1.29, 1.82) is 0 Å². The molecule has 0 bridgehead atoms. The van der Waals surface area contributed by atoms with Gasteiger partial charge < -0.3 is 0 Å². The van der Waals surface area contributed by atoms with Gasteiger partial charge in [-0.15, -0.1) is 0 Å². The van der Waals surface area contributed by atoms with Gasteiger partial charge >= 0.3 is 119 Å². The monoisotopic (exact) mass is 321 g/mol. The second kappa shape index (κ2) is 6.41. The zero-order valence-corrected chi connectivity index (χ0v) is 12.6. The summed E-state index contributed by atoms with van der Waals surface area (Å²) in [6, 6.07) is 15.0. The van der Waals surface area contributed by atoms with E-state index in [0.29, 0.717) is 5.56 Å². The Balaban J connectivity index is 2.24. The Morgan fingerprint density at radius 3 is 2.53 bits per heavy atom. The van der Waals surface area contributed by atoms with Gasteiger partial charge in [0.05, 0.1) is 0 Å². The topological polar surface area (TPSA) is 38.3 Å². The molecule has 0 radical (unpaired) electrons. The van der Waals surface area contributed by atoms with Crippen LogP contribution in [-0.4, -0.2) is 28.0 Å². The third-order valence-corrected chi connectivity index (χ3v) is 4.32. The molecule has 0 aliphatic heterocycles. The zero-order valence-electron chi connectivity index (χ0n) is 10.8. The Hall–Kier alpha value is -1.77. The van der Waals surface area contributed by atoms with E-state index in [0.717, 1.165) is 15.9 Å². The summed E-state index contributed by atoms with van der Waals surface area (Å²) < 4.78 is 6.23. The number of amides is 1. The van der Waals surface area contributed by atoms with Crippen LogP contribution in [0.15, 0.2) is 48.5 Å². The van der Waals surface area contributed by atoms with Gasteiger partial charge in [0.1, 0.15) is 0 Å². The molecule has 1 N–H and O–H groups in total. The van der Waals surface area contributed by atoms with Crippen LogP contribution in [0.1, 0.15) is 10.4 Å². The Bertz CT molecular complexity index is 570. The molecule has 0 aromatic heterocycles. The number of carbonyl (C=O) groups is 1. The molecule has 0 fully saturated rings. The van der Waals surface area contributed by atoms with Gasteiger partial charge in [0.25, 0.3) is 0 Å². The third kappa shape index (κ3) is 3.37. The van der Waals surface area contributed by atoms with Crippen molar-refractivity contribution in [3.05, 3.63) is 54.1 Å². The molecule has 0 saturated heterocycles. The molecular weight excluding hydrogens is 305 g/mol. The predicted octanol–water partition coefficient (Wildman–Crippen LogP) is 2.33. The Labute approximate surface area is 119 Å². The summed E-state index contributed by atoms with van der Waals surface area (Å²) in [5.74, 6) is 2.80. The fraction of sp³-hybridized carbons (Fsp3) is 0.133. The van der Waals surface area contributed by atoms with Gasteiger partial charge in [0.2, 0.25) is 0 Å². The molecule has 0 unspecified atom stereocenters. The van der Waals surface area contributed by atoms with Gasteiger partial charge in [-0.1, -0.05) is 0 Å². The van der Waals surface area contributed by atoms with Crippen molar-refractivity contribution in [2.45, 2.75) is 5.82 Å². The maximum absolute atomic E-state index is 12.3. The van der Waals surface area contributed by atoms with E-state index in [-0.39, 0.29) is 20.9 Å². The zero-order chi connectivity index (χ0) is 13.7. The van der Waals surface area contributed by atoms with Crippen molar-refractivity contribution in [2.24, 2.45) is 0 Å². The number of benzene rings is 2. The molecule has 0 saturated carbocycles. The molecule has 2 aromatic rings. The van der Waals surface area contributed by atoms with Gasteiger partial charge in [-0.3, -0.25) is 0 Å². The molecule has 0 spiro atoms. The molecule has 4 heteroatoms. The molecule has 19 heavy (non-hydrogen) atoms. The minimum atomic E-state index is -0.0763. The number of methoxy groups -OCH3 is 1. The third-order valence-electron chi connectivity index (χ3n) is 2.68. The molecule has 0 atom stereocenters. The molecule has 2 rings (SSSR count). The van der Waals surface area contributed by atoms with Crippen LogP contribution in [0.2, 0.25) is 5.82 Å². The summed E-state index contributed by atoms with van der Waals surface area (Å²) in [6.07, 6.45) is 0. The summed E-state index contributed by atoms with van der Waals surface area (Å²) in [5.41, 5.74) is 1.52. The Morgan fingerprint density at radius 2 is 1.89 bits per heavy atom. The maximum atomic E-state index is 12.3. The number of anilines is 1. The number of rotatable bonds is 4. The normalized spacial score (nSPS) is 10.0. The summed E-state index contributed by atoms with van der Waals surface area (Å²) in [4.78, 5) is 12.3. The van der Waals surface area contributed by atoms with Gasteiger partial charge in [-0.25, -0.2) is 0 Å². The van der Waals surface area contributed by atoms with Gasteiger partial charge in [-0.05, 0) is 0 Å². The van der Waals surface area contributed by atoms with Crippen molar-refractivity contribution in [3.8, 4) is 5.75 Å². The van der Waals surface area contributed by atoms with Crippen LogP contribution in [0.3, 0.4) is 0 Å². The predicted molar refractivity (Wildman–Crippen MR) is 78.6 cm³/mol. The number of ether oxygens (including phenoxy) is 1. The SMILES string of the molecule is COc1ccc(C(=O)Nc2ccccc2)c([Se]C)c1. The van der Waals surface area contributed by atoms with Crippen LogP contribution in [0.4, 0.5) is 5.69 Å². The molecule has 1 amide bonds. The van der Waals surface area contributed by atoms with Crippen molar-refractivity contribution in [3.63, 3.8) is 0 Å². The van der Waals surface area contributed by atoms with E-state index in [1.165, 1.54) is 0 Å². The fourth-order valence-electron chi connectivity index (χ4n) is 1.71. The van der Waals surface area contributed by atoms with Crippen LogP contribution < -0.4 is 14.5 Å². The van der Waals surface area contributed by atoms with E-state index >= 15 is 0 Å². The molecule has 2 aromatic carbocycles. The summed E-state index contributed by atoms with van der Waals surface area (Å²) in [5, 5.41) is 2.90. The van der Waals surface area contributed by atoms with Crippen molar-refractivity contribution in [1.82, 2.24) is 0 Å². The Kier molecular flexibility index (Phi) is 4.61. The first-order valence-corrected chi connectivity index (χ1v) is 8.40. The molecule has 0 aliphatic carbocycles. The second-order valence-corrected chi connectivity index (χ2v) is 5.67. The summed E-state index contributed by atoms with van der Waals surface area (Å²) in [7, 11) is 1.63.